The Morgan fingerprint density at radius 2 is 1.32 bits per heavy atom. The molecule has 0 spiro atoms. The Balaban J connectivity index is 1.20. The maximum absolute atomic E-state index is 11.9. The molecule has 0 heterocycles. The smallest absolute Gasteiger partial charge is 0.113 e. The van der Waals surface area contributed by atoms with Crippen LogP contribution in [0.3, 0.4) is 0 Å². The predicted octanol–water partition coefficient (Wildman–Crippen LogP) is 2.70. The lowest BCUT2D eigenvalue weighted by Gasteiger charge is -2.68. The number of aliphatic hydroxyl groups excluding tert-OH is 9. The highest BCUT2D eigenvalue weighted by molar-refractivity contribution is 5.16. The van der Waals surface area contributed by atoms with Crippen molar-refractivity contribution in [1.82, 2.24) is 0 Å². The van der Waals surface area contributed by atoms with Crippen molar-refractivity contribution in [3.63, 3.8) is 0 Å². The molecule has 0 saturated heterocycles. The van der Waals surface area contributed by atoms with Crippen molar-refractivity contribution in [2.45, 2.75) is 179 Å². The highest BCUT2D eigenvalue weighted by Crippen LogP contribution is 2.71. The van der Waals surface area contributed by atoms with E-state index in [-0.39, 0.29) is 59.6 Å². The van der Waals surface area contributed by atoms with E-state index in [4.69, 9.17) is 9.47 Å². The van der Waals surface area contributed by atoms with Crippen LogP contribution in [0.5, 0.6) is 0 Å². The standard InChI is InChI=1S/C42H72O11/c1-21(2)8-7-9-26(45)24-10-11-25-33(24)27(46)18-31-41(25,5)14-12-30-40(3,4)32(13-15-42(30,31)6)52-29-17-23(20-44)35(48)38(51)39(29)53-28-16-22(19-43)34(47)37(50)36(28)49/h8,22-39,43-51H,7,9-20H2,1-6H3/t22?,23?,24?,25?,26-,27+,28?,29?,30?,31?,32-,33+,34?,35?,36?,37?,38?,39?,41-,42-/m0/s1. The van der Waals surface area contributed by atoms with E-state index in [1.54, 1.807) is 0 Å². The quantitative estimate of drug-likeness (QED) is 0.149. The molecule has 0 bridgehead atoms. The summed E-state index contributed by atoms with van der Waals surface area (Å²) in [6.07, 6.45) is -0.445. The maximum atomic E-state index is 11.9. The molecular weight excluding hydrogens is 680 g/mol. The molecule has 0 radical (unpaired) electrons. The third-order valence-corrected chi connectivity index (χ3v) is 16.4. The highest BCUT2D eigenvalue weighted by Gasteiger charge is 2.67. The molecule has 6 rings (SSSR count). The van der Waals surface area contributed by atoms with E-state index in [9.17, 15) is 46.0 Å². The number of allylic oxidation sites excluding steroid dienone is 2. The van der Waals surface area contributed by atoms with Gasteiger partial charge in [-0.1, -0.05) is 39.3 Å². The van der Waals surface area contributed by atoms with Gasteiger partial charge in [-0.25, -0.2) is 0 Å². The SMILES string of the molecule is CC(C)=CCC[C@H](O)C1CCC2[C@@H]1[C@H](O)CC1[C@@]2(C)CCC2C(C)(C)[C@@H](OC3CC(CO)C(O)C(O)C3OC3CC(CO)C(O)C(O)C3O)CC[C@@]21C. The van der Waals surface area contributed by atoms with Crippen LogP contribution in [0.4, 0.5) is 0 Å². The van der Waals surface area contributed by atoms with Gasteiger partial charge in [0.05, 0.1) is 42.7 Å². The van der Waals surface area contributed by atoms with Crippen molar-refractivity contribution in [3.8, 4) is 0 Å². The van der Waals surface area contributed by atoms with Crippen LogP contribution >= 0.6 is 0 Å². The summed E-state index contributed by atoms with van der Waals surface area (Å²) in [5.41, 5.74) is 0.980. The second kappa shape index (κ2) is 15.9. The predicted molar refractivity (Wildman–Crippen MR) is 198 cm³/mol. The minimum absolute atomic E-state index is 0.0449. The molecule has 53 heavy (non-hydrogen) atoms. The number of fused-ring (bicyclic) bond motifs is 5. The second-order valence-electron chi connectivity index (χ2n) is 19.8. The van der Waals surface area contributed by atoms with E-state index in [0.29, 0.717) is 11.8 Å². The molecule has 9 N–H and O–H groups in total. The first kappa shape index (κ1) is 41.9. The van der Waals surface area contributed by atoms with Gasteiger partial charge in [0.1, 0.15) is 24.4 Å². The summed E-state index contributed by atoms with van der Waals surface area (Å²) in [6.45, 7) is 12.8. The minimum atomic E-state index is -1.55. The molecular formula is C42H72O11. The van der Waals surface area contributed by atoms with E-state index >= 15 is 0 Å². The molecule has 0 aromatic rings. The molecule has 306 valence electrons. The average Bonchev–Trinajstić information content (AvgIpc) is 3.57. The van der Waals surface area contributed by atoms with Gasteiger partial charge in [0.25, 0.3) is 0 Å². The van der Waals surface area contributed by atoms with E-state index in [2.05, 4.69) is 47.6 Å². The van der Waals surface area contributed by atoms with Gasteiger partial charge >= 0.3 is 0 Å². The molecule has 6 aliphatic rings. The van der Waals surface area contributed by atoms with Crippen LogP contribution < -0.4 is 0 Å². The number of ether oxygens (including phenoxy) is 2. The third kappa shape index (κ3) is 7.34. The zero-order valence-electron chi connectivity index (χ0n) is 33.0. The minimum Gasteiger partial charge on any atom is -0.396 e. The third-order valence-electron chi connectivity index (χ3n) is 16.4. The van der Waals surface area contributed by atoms with Crippen LogP contribution in [0, 0.1) is 57.7 Å². The summed E-state index contributed by atoms with van der Waals surface area (Å²) in [6, 6.07) is 0. The van der Waals surface area contributed by atoms with E-state index in [1.165, 1.54) is 5.57 Å². The van der Waals surface area contributed by atoms with Crippen LogP contribution in [0.2, 0.25) is 0 Å². The monoisotopic (exact) mass is 753 g/mol. The summed E-state index contributed by atoms with van der Waals surface area (Å²) in [5.74, 6) is -0.146. The lowest BCUT2D eigenvalue weighted by atomic mass is 9.38. The molecule has 6 fully saturated rings. The van der Waals surface area contributed by atoms with Gasteiger partial charge in [-0.15, -0.1) is 0 Å². The van der Waals surface area contributed by atoms with Crippen molar-refractivity contribution in [2.75, 3.05) is 13.2 Å². The van der Waals surface area contributed by atoms with Gasteiger partial charge in [0.2, 0.25) is 0 Å². The second-order valence-corrected chi connectivity index (χ2v) is 19.8. The maximum Gasteiger partial charge on any atom is 0.113 e. The Morgan fingerprint density at radius 1 is 0.698 bits per heavy atom. The molecule has 0 amide bonds. The van der Waals surface area contributed by atoms with Crippen LogP contribution in [0.25, 0.3) is 0 Å². The summed E-state index contributed by atoms with van der Waals surface area (Å²) in [7, 11) is 0. The Bertz CT molecular complexity index is 1270. The fourth-order valence-electron chi connectivity index (χ4n) is 13.5. The Kier molecular flexibility index (Phi) is 12.6. The van der Waals surface area contributed by atoms with Crippen LogP contribution in [0.1, 0.15) is 112 Å². The van der Waals surface area contributed by atoms with Crippen LogP contribution in [0.15, 0.2) is 11.6 Å². The number of hydrogen-bond donors (Lipinski definition) is 9. The normalized spacial score (nSPS) is 51.5. The van der Waals surface area contributed by atoms with Crippen molar-refractivity contribution in [2.24, 2.45) is 57.7 Å². The fourth-order valence-corrected chi connectivity index (χ4v) is 13.5. The zero-order chi connectivity index (χ0) is 38.8. The number of rotatable bonds is 10. The van der Waals surface area contributed by atoms with E-state index in [0.717, 1.165) is 57.8 Å². The summed E-state index contributed by atoms with van der Waals surface area (Å²) >= 11 is 0. The summed E-state index contributed by atoms with van der Waals surface area (Å²) in [4.78, 5) is 0. The van der Waals surface area contributed by atoms with E-state index < -0.39 is 79.5 Å². The lowest BCUT2D eigenvalue weighted by Crippen LogP contribution is -2.65. The molecule has 20 atom stereocenters. The van der Waals surface area contributed by atoms with Gasteiger partial charge in [-0.2, -0.15) is 0 Å². The van der Waals surface area contributed by atoms with Gasteiger partial charge in [-0.05, 0) is 130 Å². The van der Waals surface area contributed by atoms with Crippen molar-refractivity contribution < 1.29 is 55.4 Å². The van der Waals surface area contributed by atoms with Gasteiger partial charge in [0, 0.05) is 25.0 Å². The first-order valence-electron chi connectivity index (χ1n) is 20.8. The van der Waals surface area contributed by atoms with Crippen molar-refractivity contribution in [3.05, 3.63) is 11.6 Å². The molecule has 0 aromatic carbocycles. The Hall–Kier alpha value is -0.700. The Morgan fingerprint density at radius 3 is 1.96 bits per heavy atom. The van der Waals surface area contributed by atoms with Crippen LogP contribution in [-0.4, -0.2) is 126 Å². The van der Waals surface area contributed by atoms with E-state index in [1.807, 2.05) is 0 Å². The first-order valence-corrected chi connectivity index (χ1v) is 20.8. The molecule has 0 aromatic heterocycles. The van der Waals surface area contributed by atoms with Gasteiger partial charge in [-0.3, -0.25) is 0 Å². The molecule has 6 aliphatic carbocycles. The number of hydrogen-bond acceptors (Lipinski definition) is 11. The van der Waals surface area contributed by atoms with Gasteiger partial charge in [0.15, 0.2) is 0 Å². The molecule has 0 aliphatic heterocycles. The van der Waals surface area contributed by atoms with Crippen molar-refractivity contribution >= 4 is 0 Å². The molecule has 6 saturated carbocycles. The topological polar surface area (TPSA) is 201 Å². The van der Waals surface area contributed by atoms with Crippen molar-refractivity contribution in [1.29, 1.82) is 0 Å². The number of aliphatic hydroxyl groups is 9. The fraction of sp³-hybridized carbons (Fsp3) is 0.952. The lowest BCUT2D eigenvalue weighted by molar-refractivity contribution is -0.273. The Labute approximate surface area is 316 Å². The molecule has 14 unspecified atom stereocenters. The largest absolute Gasteiger partial charge is 0.396 e. The summed E-state index contributed by atoms with van der Waals surface area (Å²) in [5, 5.41) is 97.4. The van der Waals surface area contributed by atoms with Crippen LogP contribution in [-0.2, 0) is 9.47 Å². The average molecular weight is 753 g/mol. The summed E-state index contributed by atoms with van der Waals surface area (Å²) < 4.78 is 13.3. The molecule has 11 nitrogen and oxygen atoms in total. The molecule has 11 heteroatoms. The van der Waals surface area contributed by atoms with Gasteiger partial charge < -0.3 is 55.4 Å². The zero-order valence-corrected chi connectivity index (χ0v) is 33.0. The highest BCUT2D eigenvalue weighted by atomic mass is 16.6. The first-order chi connectivity index (χ1) is 24.9.